The second-order valence-electron chi connectivity index (χ2n) is 4.54. The van der Waals surface area contributed by atoms with Crippen molar-refractivity contribution in [2.75, 3.05) is 40.6 Å². The van der Waals surface area contributed by atoms with Gasteiger partial charge in [-0.3, -0.25) is 0 Å². The number of pyridine rings is 1. The first-order valence-corrected chi connectivity index (χ1v) is 7.14. The van der Waals surface area contributed by atoms with Crippen LogP contribution in [0.25, 0.3) is 0 Å². The van der Waals surface area contributed by atoms with E-state index in [1.807, 2.05) is 13.1 Å². The molecule has 0 bridgehead atoms. The number of hydrogen-bond donors (Lipinski definition) is 1. The number of methoxy groups -OCH3 is 1. The Kier molecular flexibility index (Phi) is 8.95. The van der Waals surface area contributed by atoms with Gasteiger partial charge in [0.15, 0.2) is 0 Å². The van der Waals surface area contributed by atoms with Gasteiger partial charge in [-0.1, -0.05) is 13.3 Å². The highest BCUT2D eigenvalue weighted by Crippen LogP contribution is 2.14. The second kappa shape index (κ2) is 10.6. The normalized spacial score (nSPS) is 10.8. The summed E-state index contributed by atoms with van der Waals surface area (Å²) in [6, 6.07) is 4.10. The molecule has 0 aliphatic rings. The summed E-state index contributed by atoms with van der Waals surface area (Å²) in [5, 5.41) is 3.15. The molecule has 0 atom stereocenters. The van der Waals surface area contributed by atoms with Crippen LogP contribution in [0.5, 0.6) is 5.88 Å². The molecule has 5 nitrogen and oxygen atoms in total. The third kappa shape index (κ3) is 6.84. The molecule has 1 rings (SSSR count). The first-order valence-electron chi connectivity index (χ1n) is 7.14. The Morgan fingerprint density at radius 3 is 2.65 bits per heavy atom. The topological polar surface area (TPSA) is 52.6 Å². The number of ether oxygens (including phenoxy) is 3. The Balaban J connectivity index is 2.46. The summed E-state index contributed by atoms with van der Waals surface area (Å²) in [5.41, 5.74) is 2.27. The van der Waals surface area contributed by atoms with Crippen LogP contribution < -0.4 is 10.1 Å². The first-order chi connectivity index (χ1) is 9.80. The smallest absolute Gasteiger partial charge is 0.213 e. The molecule has 114 valence electrons. The SMILES string of the molecule is CCCc1cc(CNC)cc(OCCOCCOC)n1. The quantitative estimate of drug-likeness (QED) is 0.627. The summed E-state index contributed by atoms with van der Waals surface area (Å²) in [6.07, 6.45) is 2.05. The van der Waals surface area contributed by atoms with Crippen LogP contribution in [0.15, 0.2) is 12.1 Å². The van der Waals surface area contributed by atoms with Gasteiger partial charge in [-0.2, -0.15) is 0 Å². The third-order valence-corrected chi connectivity index (χ3v) is 2.71. The predicted octanol–water partition coefficient (Wildman–Crippen LogP) is 1.80. The molecule has 0 aliphatic heterocycles. The van der Waals surface area contributed by atoms with Crippen molar-refractivity contribution in [3.8, 4) is 5.88 Å². The Morgan fingerprint density at radius 2 is 1.95 bits per heavy atom. The number of aryl methyl sites for hydroxylation is 1. The molecule has 20 heavy (non-hydrogen) atoms. The minimum Gasteiger partial charge on any atom is -0.475 e. The van der Waals surface area contributed by atoms with Gasteiger partial charge in [0.2, 0.25) is 5.88 Å². The lowest BCUT2D eigenvalue weighted by Crippen LogP contribution is -2.12. The molecular weight excluding hydrogens is 256 g/mol. The molecule has 1 N–H and O–H groups in total. The molecule has 1 aromatic heterocycles. The Hall–Kier alpha value is -1.17. The summed E-state index contributed by atoms with van der Waals surface area (Å²) in [4.78, 5) is 4.51. The Labute approximate surface area is 121 Å². The number of rotatable bonds is 11. The van der Waals surface area contributed by atoms with Crippen LogP contribution in [-0.2, 0) is 22.4 Å². The van der Waals surface area contributed by atoms with Gasteiger partial charge in [0.05, 0.1) is 19.8 Å². The third-order valence-electron chi connectivity index (χ3n) is 2.71. The van der Waals surface area contributed by atoms with E-state index in [1.54, 1.807) is 7.11 Å². The van der Waals surface area contributed by atoms with Crippen molar-refractivity contribution in [2.45, 2.75) is 26.3 Å². The van der Waals surface area contributed by atoms with Crippen molar-refractivity contribution in [2.24, 2.45) is 0 Å². The largest absolute Gasteiger partial charge is 0.475 e. The standard InChI is InChI=1S/C15H26N2O3/c1-4-5-14-10-13(12-16-2)11-15(17-14)20-9-8-19-7-6-18-3/h10-11,16H,4-9,12H2,1-3H3. The van der Waals surface area contributed by atoms with Crippen molar-refractivity contribution in [1.82, 2.24) is 10.3 Å². The summed E-state index contributed by atoms with van der Waals surface area (Å²) in [5.74, 6) is 0.677. The summed E-state index contributed by atoms with van der Waals surface area (Å²) < 4.78 is 15.9. The van der Waals surface area contributed by atoms with E-state index in [0.717, 1.165) is 25.1 Å². The minimum atomic E-state index is 0.505. The van der Waals surface area contributed by atoms with Crippen molar-refractivity contribution in [3.05, 3.63) is 23.4 Å². The van der Waals surface area contributed by atoms with E-state index in [9.17, 15) is 0 Å². The molecule has 0 amide bonds. The van der Waals surface area contributed by atoms with E-state index in [-0.39, 0.29) is 0 Å². The molecule has 0 aliphatic carbocycles. The average Bonchev–Trinajstić information content (AvgIpc) is 2.43. The molecule has 0 unspecified atom stereocenters. The lowest BCUT2D eigenvalue weighted by atomic mass is 10.1. The van der Waals surface area contributed by atoms with Crippen molar-refractivity contribution >= 4 is 0 Å². The van der Waals surface area contributed by atoms with Gasteiger partial charge in [-0.05, 0) is 25.1 Å². The Bertz CT molecular complexity index is 348. The van der Waals surface area contributed by atoms with E-state index in [0.29, 0.717) is 32.3 Å². The van der Waals surface area contributed by atoms with Gasteiger partial charge in [0.25, 0.3) is 0 Å². The van der Waals surface area contributed by atoms with Crippen LogP contribution in [0.1, 0.15) is 24.6 Å². The lowest BCUT2D eigenvalue weighted by Gasteiger charge is -2.10. The fraction of sp³-hybridized carbons (Fsp3) is 0.667. The van der Waals surface area contributed by atoms with E-state index < -0.39 is 0 Å². The van der Waals surface area contributed by atoms with Crippen LogP contribution in [0.2, 0.25) is 0 Å². The van der Waals surface area contributed by atoms with Crippen LogP contribution in [0.4, 0.5) is 0 Å². The monoisotopic (exact) mass is 282 g/mol. The van der Waals surface area contributed by atoms with Crippen LogP contribution >= 0.6 is 0 Å². The average molecular weight is 282 g/mol. The molecule has 0 aromatic carbocycles. The molecule has 0 fully saturated rings. The summed E-state index contributed by atoms with van der Waals surface area (Å²) >= 11 is 0. The van der Waals surface area contributed by atoms with Gasteiger partial charge < -0.3 is 19.5 Å². The maximum atomic E-state index is 5.66. The van der Waals surface area contributed by atoms with Gasteiger partial charge in [0, 0.05) is 25.4 Å². The van der Waals surface area contributed by atoms with E-state index >= 15 is 0 Å². The van der Waals surface area contributed by atoms with Crippen molar-refractivity contribution in [1.29, 1.82) is 0 Å². The zero-order valence-corrected chi connectivity index (χ0v) is 12.8. The summed E-state index contributed by atoms with van der Waals surface area (Å²) in [7, 11) is 3.59. The number of aromatic nitrogens is 1. The van der Waals surface area contributed by atoms with E-state index in [4.69, 9.17) is 14.2 Å². The van der Waals surface area contributed by atoms with Crippen molar-refractivity contribution in [3.63, 3.8) is 0 Å². The van der Waals surface area contributed by atoms with Gasteiger partial charge in [-0.15, -0.1) is 0 Å². The van der Waals surface area contributed by atoms with E-state index in [1.165, 1.54) is 5.56 Å². The van der Waals surface area contributed by atoms with Gasteiger partial charge in [-0.25, -0.2) is 4.98 Å². The molecular formula is C15H26N2O3. The van der Waals surface area contributed by atoms with Crippen molar-refractivity contribution < 1.29 is 14.2 Å². The molecule has 1 heterocycles. The van der Waals surface area contributed by atoms with E-state index in [2.05, 4.69) is 23.3 Å². The first kappa shape index (κ1) is 16.9. The number of hydrogen-bond acceptors (Lipinski definition) is 5. The summed E-state index contributed by atoms with van der Waals surface area (Å²) in [6.45, 7) is 5.22. The van der Waals surface area contributed by atoms with Gasteiger partial charge >= 0.3 is 0 Å². The zero-order valence-electron chi connectivity index (χ0n) is 12.8. The molecule has 0 saturated carbocycles. The Morgan fingerprint density at radius 1 is 1.15 bits per heavy atom. The predicted molar refractivity (Wildman–Crippen MR) is 79.2 cm³/mol. The van der Waals surface area contributed by atoms with Crippen LogP contribution in [0.3, 0.4) is 0 Å². The fourth-order valence-electron chi connectivity index (χ4n) is 1.83. The van der Waals surface area contributed by atoms with Crippen LogP contribution in [-0.4, -0.2) is 45.6 Å². The maximum Gasteiger partial charge on any atom is 0.213 e. The number of nitrogens with one attached hydrogen (secondary N) is 1. The zero-order chi connectivity index (χ0) is 14.6. The highest BCUT2D eigenvalue weighted by molar-refractivity contribution is 5.25. The lowest BCUT2D eigenvalue weighted by molar-refractivity contribution is 0.0536. The highest BCUT2D eigenvalue weighted by Gasteiger charge is 2.03. The molecule has 0 spiro atoms. The minimum absolute atomic E-state index is 0.505. The molecule has 0 saturated heterocycles. The fourth-order valence-corrected chi connectivity index (χ4v) is 1.83. The second-order valence-corrected chi connectivity index (χ2v) is 4.54. The molecule has 0 radical (unpaired) electrons. The molecule has 5 heteroatoms. The van der Waals surface area contributed by atoms with Gasteiger partial charge in [0.1, 0.15) is 6.61 Å². The maximum absolute atomic E-state index is 5.66. The molecule has 1 aromatic rings. The highest BCUT2D eigenvalue weighted by atomic mass is 16.5. The number of nitrogens with zero attached hydrogens (tertiary/aromatic N) is 1. The van der Waals surface area contributed by atoms with Crippen LogP contribution in [0, 0.1) is 0 Å².